The zero-order valence-corrected chi connectivity index (χ0v) is 10.3. The summed E-state index contributed by atoms with van der Waals surface area (Å²) in [7, 11) is 0. The van der Waals surface area contributed by atoms with E-state index in [1.54, 1.807) is 0 Å². The second kappa shape index (κ2) is 5.40. The predicted octanol–water partition coefficient (Wildman–Crippen LogP) is 1.76. The lowest BCUT2D eigenvalue weighted by Gasteiger charge is -2.02. The third-order valence-corrected chi connectivity index (χ3v) is 3.06. The van der Waals surface area contributed by atoms with Gasteiger partial charge in [0.25, 0.3) is 0 Å². The molecular formula is C10H8N4O4S. The molecule has 2 aromatic heterocycles. The number of aromatic carboxylic acids is 1. The van der Waals surface area contributed by atoms with Crippen molar-refractivity contribution >= 4 is 27.4 Å². The molecule has 0 saturated heterocycles. The molecule has 19 heavy (non-hydrogen) atoms. The van der Waals surface area contributed by atoms with Gasteiger partial charge in [-0.1, -0.05) is 0 Å². The summed E-state index contributed by atoms with van der Waals surface area (Å²) >= 11 is 0.905. The van der Waals surface area contributed by atoms with E-state index in [-0.39, 0.29) is 17.1 Å². The summed E-state index contributed by atoms with van der Waals surface area (Å²) in [5.41, 5.74) is 0.648. The van der Waals surface area contributed by atoms with Crippen LogP contribution < -0.4 is 5.32 Å². The second-order valence-corrected chi connectivity index (χ2v) is 4.46. The summed E-state index contributed by atoms with van der Waals surface area (Å²) in [4.78, 5) is 28.6. The molecule has 0 aliphatic carbocycles. The van der Waals surface area contributed by atoms with Crippen molar-refractivity contribution < 1.29 is 14.8 Å². The zero-order chi connectivity index (χ0) is 13.8. The van der Waals surface area contributed by atoms with Crippen LogP contribution in [0.2, 0.25) is 0 Å². The van der Waals surface area contributed by atoms with E-state index in [0.717, 1.165) is 17.5 Å². The highest BCUT2D eigenvalue weighted by atomic mass is 32.1. The average molecular weight is 280 g/mol. The maximum Gasteiger partial charge on any atom is 0.345 e. The molecule has 9 heteroatoms. The maximum absolute atomic E-state index is 10.8. The molecule has 0 aromatic carbocycles. The minimum Gasteiger partial charge on any atom is -0.478 e. The molecule has 2 rings (SSSR count). The van der Waals surface area contributed by atoms with Crippen LogP contribution in [0.15, 0.2) is 24.5 Å². The number of nitro groups is 1. The summed E-state index contributed by atoms with van der Waals surface area (Å²) in [6.07, 6.45) is 2.55. The standard InChI is InChI=1S/C10H8N4O4S/c15-9(16)6-1-2-11-7(3-6)4-12-10-13-5-8(19-10)14(17)18/h1-3,5H,4H2,(H,12,13)(H,15,16). The van der Waals surface area contributed by atoms with Crippen LogP contribution in [0.4, 0.5) is 10.1 Å². The fourth-order valence-electron chi connectivity index (χ4n) is 1.31. The van der Waals surface area contributed by atoms with Crippen LogP contribution in [0.25, 0.3) is 0 Å². The highest BCUT2D eigenvalue weighted by Gasteiger charge is 2.11. The van der Waals surface area contributed by atoms with Crippen molar-refractivity contribution in [2.75, 3.05) is 5.32 Å². The lowest BCUT2D eigenvalue weighted by Crippen LogP contribution is -2.04. The molecule has 0 unspecified atom stereocenters. The van der Waals surface area contributed by atoms with Crippen molar-refractivity contribution in [1.29, 1.82) is 0 Å². The zero-order valence-electron chi connectivity index (χ0n) is 9.44. The predicted molar refractivity (Wildman–Crippen MR) is 67.3 cm³/mol. The molecule has 0 atom stereocenters. The third kappa shape index (κ3) is 3.22. The SMILES string of the molecule is O=C(O)c1ccnc(CNc2ncc([N+](=O)[O-])s2)c1. The number of rotatable bonds is 5. The molecule has 0 spiro atoms. The molecule has 0 radical (unpaired) electrons. The van der Waals surface area contributed by atoms with Crippen LogP contribution in [0.3, 0.4) is 0 Å². The molecule has 2 N–H and O–H groups in total. The Morgan fingerprint density at radius 2 is 2.32 bits per heavy atom. The summed E-state index contributed by atoms with van der Waals surface area (Å²) in [5.74, 6) is -1.03. The molecule has 0 aliphatic rings. The van der Waals surface area contributed by atoms with Crippen LogP contribution in [0.5, 0.6) is 0 Å². The minimum absolute atomic E-state index is 0.0604. The summed E-state index contributed by atoms with van der Waals surface area (Å²) in [6, 6.07) is 2.82. The van der Waals surface area contributed by atoms with Gasteiger partial charge < -0.3 is 10.4 Å². The van der Waals surface area contributed by atoms with Crippen molar-refractivity contribution in [3.8, 4) is 0 Å². The Morgan fingerprint density at radius 1 is 1.53 bits per heavy atom. The average Bonchev–Trinajstić information content (AvgIpc) is 2.85. The molecule has 2 aromatic rings. The molecular weight excluding hydrogens is 272 g/mol. The Labute approximate surface area is 110 Å². The Bertz CT molecular complexity index is 627. The van der Waals surface area contributed by atoms with Crippen molar-refractivity contribution in [2.24, 2.45) is 0 Å². The van der Waals surface area contributed by atoms with Crippen molar-refractivity contribution in [3.05, 3.63) is 45.9 Å². The van der Waals surface area contributed by atoms with Crippen LogP contribution in [0, 0.1) is 10.1 Å². The lowest BCUT2D eigenvalue weighted by molar-refractivity contribution is -0.380. The van der Waals surface area contributed by atoms with E-state index in [0.29, 0.717) is 10.8 Å². The smallest absolute Gasteiger partial charge is 0.345 e. The Morgan fingerprint density at radius 3 is 2.95 bits per heavy atom. The molecule has 98 valence electrons. The largest absolute Gasteiger partial charge is 0.478 e. The summed E-state index contributed by atoms with van der Waals surface area (Å²) < 4.78 is 0. The monoisotopic (exact) mass is 280 g/mol. The highest BCUT2D eigenvalue weighted by molar-refractivity contribution is 7.18. The Kier molecular flexibility index (Phi) is 3.66. The number of pyridine rings is 1. The van der Waals surface area contributed by atoms with Crippen molar-refractivity contribution in [1.82, 2.24) is 9.97 Å². The van der Waals surface area contributed by atoms with Gasteiger partial charge in [0, 0.05) is 6.20 Å². The number of anilines is 1. The van der Waals surface area contributed by atoms with Crippen LogP contribution in [-0.2, 0) is 6.54 Å². The first-order valence-electron chi connectivity index (χ1n) is 5.08. The van der Waals surface area contributed by atoms with Gasteiger partial charge in [0.05, 0.1) is 22.7 Å². The maximum atomic E-state index is 10.8. The van der Waals surface area contributed by atoms with Gasteiger partial charge in [-0.05, 0) is 23.5 Å². The van der Waals surface area contributed by atoms with E-state index >= 15 is 0 Å². The highest BCUT2D eigenvalue weighted by Crippen LogP contribution is 2.25. The fraction of sp³-hybridized carbons (Fsp3) is 0.100. The van der Waals surface area contributed by atoms with Gasteiger partial charge in [-0.15, -0.1) is 0 Å². The number of hydrogen-bond donors (Lipinski definition) is 2. The van der Waals surface area contributed by atoms with Gasteiger partial charge in [0.2, 0.25) is 0 Å². The van der Waals surface area contributed by atoms with Crippen molar-refractivity contribution in [2.45, 2.75) is 6.54 Å². The summed E-state index contributed by atoms with van der Waals surface area (Å²) in [5, 5.41) is 22.5. The second-order valence-electron chi connectivity index (χ2n) is 3.46. The molecule has 0 saturated carbocycles. The lowest BCUT2D eigenvalue weighted by atomic mass is 10.2. The van der Waals surface area contributed by atoms with Gasteiger partial charge in [-0.2, -0.15) is 0 Å². The van der Waals surface area contributed by atoms with Gasteiger partial charge >= 0.3 is 11.0 Å². The first-order valence-corrected chi connectivity index (χ1v) is 5.90. The van der Waals surface area contributed by atoms with E-state index in [1.807, 2.05) is 0 Å². The third-order valence-electron chi connectivity index (χ3n) is 2.16. The van der Waals surface area contributed by atoms with Crippen LogP contribution in [-0.4, -0.2) is 26.0 Å². The van der Waals surface area contributed by atoms with Crippen LogP contribution in [0.1, 0.15) is 16.1 Å². The van der Waals surface area contributed by atoms with E-state index in [1.165, 1.54) is 18.3 Å². The van der Waals surface area contributed by atoms with E-state index in [2.05, 4.69) is 15.3 Å². The van der Waals surface area contributed by atoms with Crippen LogP contribution >= 0.6 is 11.3 Å². The molecule has 0 fully saturated rings. The number of nitrogens with zero attached hydrogens (tertiary/aromatic N) is 3. The van der Waals surface area contributed by atoms with Crippen molar-refractivity contribution in [3.63, 3.8) is 0 Å². The quantitative estimate of drug-likeness (QED) is 0.632. The Balaban J connectivity index is 2.03. The number of carboxylic acids is 1. The minimum atomic E-state index is -1.03. The Hall–Kier alpha value is -2.55. The first-order chi connectivity index (χ1) is 9.06. The van der Waals surface area contributed by atoms with E-state index < -0.39 is 10.9 Å². The number of carbonyl (C=O) groups is 1. The van der Waals surface area contributed by atoms with Gasteiger partial charge in [0.15, 0.2) is 5.13 Å². The number of nitrogens with one attached hydrogen (secondary N) is 1. The number of aromatic nitrogens is 2. The van der Waals surface area contributed by atoms with Gasteiger partial charge in [-0.3, -0.25) is 15.1 Å². The molecule has 8 nitrogen and oxygen atoms in total. The number of thiazole rings is 1. The molecule has 0 bridgehead atoms. The van der Waals surface area contributed by atoms with E-state index in [4.69, 9.17) is 5.11 Å². The normalized spacial score (nSPS) is 10.1. The number of carboxylic acid groups (broad SMARTS) is 1. The summed E-state index contributed by atoms with van der Waals surface area (Å²) in [6.45, 7) is 0.242. The fourth-order valence-corrected chi connectivity index (χ4v) is 1.93. The molecule has 2 heterocycles. The van der Waals surface area contributed by atoms with E-state index in [9.17, 15) is 14.9 Å². The molecule has 0 aliphatic heterocycles. The van der Waals surface area contributed by atoms with Gasteiger partial charge in [0.1, 0.15) is 6.20 Å². The molecule has 0 amide bonds. The topological polar surface area (TPSA) is 118 Å². The van der Waals surface area contributed by atoms with Gasteiger partial charge in [-0.25, -0.2) is 9.78 Å². The first kappa shape index (κ1) is 12.9. The number of hydrogen-bond acceptors (Lipinski definition) is 7.